The van der Waals surface area contributed by atoms with Gasteiger partial charge in [0.2, 0.25) is 0 Å². The Labute approximate surface area is 204 Å². The van der Waals surface area contributed by atoms with Crippen molar-refractivity contribution in [2.45, 2.75) is 12.5 Å². The first-order valence-electron chi connectivity index (χ1n) is 10.0. The Morgan fingerprint density at radius 2 is 1.82 bits per heavy atom. The van der Waals surface area contributed by atoms with E-state index in [0.717, 1.165) is 23.3 Å². The third kappa shape index (κ3) is 5.17. The summed E-state index contributed by atoms with van der Waals surface area (Å²) >= 11 is 12.1. The Kier molecular flexibility index (Phi) is 6.77. The van der Waals surface area contributed by atoms with Crippen LogP contribution < -0.4 is 16.1 Å². The molecule has 7 nitrogen and oxygen atoms in total. The number of nitrogens with zero attached hydrogens (tertiary/aromatic N) is 2. The summed E-state index contributed by atoms with van der Waals surface area (Å²) in [7, 11) is 0. The zero-order valence-electron chi connectivity index (χ0n) is 17.4. The van der Waals surface area contributed by atoms with Crippen molar-refractivity contribution in [3.05, 3.63) is 98.8 Å². The second-order valence-electron chi connectivity index (χ2n) is 7.41. The molecule has 0 radical (unpaired) electrons. The number of amides is 3. The van der Waals surface area contributed by atoms with E-state index in [-0.39, 0.29) is 10.6 Å². The van der Waals surface area contributed by atoms with Gasteiger partial charge in [-0.25, -0.2) is 14.6 Å². The Balaban J connectivity index is 1.54. The number of hydrogen-bond acceptors (Lipinski definition) is 4. The highest BCUT2D eigenvalue weighted by atomic mass is 35.5. The smallest absolute Gasteiger partial charge is 0.339 e. The van der Waals surface area contributed by atoms with Gasteiger partial charge >= 0.3 is 6.03 Å². The number of fused-ring (bicyclic) bond motifs is 1. The van der Waals surface area contributed by atoms with Crippen molar-refractivity contribution in [2.24, 2.45) is 5.10 Å². The number of carbonyl (C=O) groups excluding carboxylic acids is 2. The number of nitrogens with one attached hydrogen (secondary N) is 3. The first kappa shape index (κ1) is 23.2. The van der Waals surface area contributed by atoms with Gasteiger partial charge < -0.3 is 10.6 Å². The first-order valence-corrected chi connectivity index (χ1v) is 10.8. The average Bonchev–Trinajstić information content (AvgIpc) is 3.13. The van der Waals surface area contributed by atoms with Gasteiger partial charge in [0.15, 0.2) is 0 Å². The molecule has 3 amide bonds. The van der Waals surface area contributed by atoms with Crippen LogP contribution in [0.15, 0.2) is 65.8 Å². The molecule has 0 bridgehead atoms. The van der Waals surface area contributed by atoms with E-state index in [1.807, 2.05) is 6.07 Å². The number of carbonyl (C=O) groups is 2. The quantitative estimate of drug-likeness (QED) is 0.448. The van der Waals surface area contributed by atoms with Gasteiger partial charge in [0.25, 0.3) is 5.91 Å². The van der Waals surface area contributed by atoms with Crippen LogP contribution in [-0.2, 0) is 6.42 Å². The molecule has 3 aromatic rings. The Morgan fingerprint density at radius 3 is 2.53 bits per heavy atom. The van der Waals surface area contributed by atoms with E-state index in [4.69, 9.17) is 28.5 Å². The highest BCUT2D eigenvalue weighted by molar-refractivity contribution is 6.34. The number of anilines is 1. The number of hydrazone groups is 1. The van der Waals surface area contributed by atoms with Crippen molar-refractivity contribution in [2.75, 3.05) is 5.32 Å². The lowest BCUT2D eigenvalue weighted by Gasteiger charge is -2.15. The zero-order chi connectivity index (χ0) is 24.2. The fourth-order valence-corrected chi connectivity index (χ4v) is 4.00. The average molecular weight is 496 g/mol. The topological polar surface area (TPSA) is 106 Å². The molecule has 3 N–H and O–H groups in total. The van der Waals surface area contributed by atoms with Crippen LogP contribution in [0.4, 0.5) is 14.9 Å². The van der Waals surface area contributed by atoms with Gasteiger partial charge in [-0.3, -0.25) is 4.79 Å². The predicted octanol–water partition coefficient (Wildman–Crippen LogP) is 4.88. The first-order chi connectivity index (χ1) is 16.3. The summed E-state index contributed by atoms with van der Waals surface area (Å²) in [5.74, 6) is -1.06. The molecular weight excluding hydrogens is 480 g/mol. The van der Waals surface area contributed by atoms with Crippen LogP contribution in [0, 0.1) is 17.1 Å². The monoisotopic (exact) mass is 495 g/mol. The molecule has 0 saturated carbocycles. The number of halogens is 3. The lowest BCUT2D eigenvalue weighted by Crippen LogP contribution is -2.40. The van der Waals surface area contributed by atoms with Crippen LogP contribution in [0.2, 0.25) is 10.0 Å². The normalized spacial score (nSPS) is 15.4. The Morgan fingerprint density at radius 1 is 1.06 bits per heavy atom. The van der Waals surface area contributed by atoms with Crippen molar-refractivity contribution in [3.63, 3.8) is 0 Å². The molecule has 4 rings (SSSR count). The van der Waals surface area contributed by atoms with E-state index in [2.05, 4.69) is 21.2 Å². The molecule has 3 aromatic carbocycles. The van der Waals surface area contributed by atoms with Crippen molar-refractivity contribution in [3.8, 4) is 6.07 Å². The summed E-state index contributed by atoms with van der Waals surface area (Å²) in [4.78, 5) is 25.2. The largest absolute Gasteiger partial charge is 0.343 e. The minimum absolute atomic E-state index is 0.0190. The van der Waals surface area contributed by atoms with E-state index < -0.39 is 23.8 Å². The Hall–Kier alpha value is -3.93. The fraction of sp³-hybridized carbons (Fsp3) is 0.0833. The van der Waals surface area contributed by atoms with E-state index in [1.54, 1.807) is 42.5 Å². The lowest BCUT2D eigenvalue weighted by molar-refractivity contribution is 0.0947. The maximum atomic E-state index is 13.4. The molecule has 0 fully saturated rings. The molecular formula is C24H16Cl2FN5O2. The predicted molar refractivity (Wildman–Crippen MR) is 128 cm³/mol. The Bertz CT molecular complexity index is 1350. The zero-order valence-corrected chi connectivity index (χ0v) is 18.9. The molecule has 0 aromatic heterocycles. The number of urea groups is 1. The number of benzene rings is 3. The van der Waals surface area contributed by atoms with Gasteiger partial charge in [-0.05, 0) is 66.6 Å². The maximum Gasteiger partial charge on any atom is 0.339 e. The van der Waals surface area contributed by atoms with Crippen LogP contribution in [0.1, 0.15) is 27.0 Å². The molecule has 10 heteroatoms. The SMILES string of the molecule is N#Cc1ccc(NC(=O)N/N=C2\c3ccc(Cl)cc3CC2NC(=O)c2ccc(F)cc2Cl)cc1. The highest BCUT2D eigenvalue weighted by Crippen LogP contribution is 2.27. The fourth-order valence-electron chi connectivity index (χ4n) is 3.55. The van der Waals surface area contributed by atoms with Gasteiger partial charge in [0.05, 0.1) is 34.0 Å². The third-order valence-corrected chi connectivity index (χ3v) is 5.68. The van der Waals surface area contributed by atoms with Crippen molar-refractivity contribution in [1.29, 1.82) is 5.26 Å². The third-order valence-electron chi connectivity index (χ3n) is 5.13. The van der Waals surface area contributed by atoms with E-state index in [0.29, 0.717) is 28.4 Å². The van der Waals surface area contributed by atoms with Gasteiger partial charge in [-0.2, -0.15) is 10.4 Å². The number of hydrogen-bond donors (Lipinski definition) is 3. The maximum absolute atomic E-state index is 13.4. The summed E-state index contributed by atoms with van der Waals surface area (Å²) in [5, 5.41) is 19.1. The summed E-state index contributed by atoms with van der Waals surface area (Å²) in [6.07, 6.45) is 0.387. The van der Waals surface area contributed by atoms with Crippen molar-refractivity contribution in [1.82, 2.24) is 10.7 Å². The van der Waals surface area contributed by atoms with Gasteiger partial charge in [0.1, 0.15) is 5.82 Å². The summed E-state index contributed by atoms with van der Waals surface area (Å²) in [5.41, 5.74) is 5.48. The van der Waals surface area contributed by atoms with E-state index in [1.165, 1.54) is 6.07 Å². The van der Waals surface area contributed by atoms with Gasteiger partial charge in [0, 0.05) is 16.3 Å². The minimum atomic E-state index is -0.605. The molecule has 0 saturated heterocycles. The molecule has 0 heterocycles. The highest BCUT2D eigenvalue weighted by Gasteiger charge is 2.31. The van der Waals surface area contributed by atoms with Crippen LogP contribution in [0.3, 0.4) is 0 Å². The van der Waals surface area contributed by atoms with Crippen molar-refractivity contribution >= 4 is 46.5 Å². The molecule has 34 heavy (non-hydrogen) atoms. The second-order valence-corrected chi connectivity index (χ2v) is 8.25. The molecule has 1 unspecified atom stereocenters. The lowest BCUT2D eigenvalue weighted by atomic mass is 10.1. The molecule has 0 spiro atoms. The van der Waals surface area contributed by atoms with Gasteiger partial charge in [-0.15, -0.1) is 0 Å². The second kappa shape index (κ2) is 9.91. The van der Waals surface area contributed by atoms with Crippen molar-refractivity contribution < 1.29 is 14.0 Å². The van der Waals surface area contributed by atoms with E-state index in [9.17, 15) is 14.0 Å². The van der Waals surface area contributed by atoms with E-state index >= 15 is 0 Å². The van der Waals surface area contributed by atoms with Crippen LogP contribution in [-0.4, -0.2) is 23.7 Å². The van der Waals surface area contributed by atoms with Crippen LogP contribution in [0.25, 0.3) is 0 Å². The van der Waals surface area contributed by atoms with Gasteiger partial charge in [-0.1, -0.05) is 29.3 Å². The van der Waals surface area contributed by atoms with Crippen LogP contribution in [0.5, 0.6) is 0 Å². The van der Waals surface area contributed by atoms with Crippen LogP contribution >= 0.6 is 23.2 Å². The molecule has 1 aliphatic carbocycles. The molecule has 0 aliphatic heterocycles. The summed E-state index contributed by atoms with van der Waals surface area (Å²) in [6.45, 7) is 0. The molecule has 1 atom stereocenters. The summed E-state index contributed by atoms with van der Waals surface area (Å²) in [6, 6.07) is 15.9. The molecule has 170 valence electrons. The molecule has 1 aliphatic rings. The summed E-state index contributed by atoms with van der Waals surface area (Å²) < 4.78 is 13.4. The minimum Gasteiger partial charge on any atom is -0.343 e. The standard InChI is InChI=1S/C24H16Cl2FN5O2/c25-15-3-7-18-14(9-15)10-21(30-23(33)19-8-4-16(27)11-20(19)26)22(18)31-32-24(34)29-17-5-1-13(12-28)2-6-17/h1-9,11,21H,10H2,(H,30,33)(H2,29,32,34)/b31-22+. The number of rotatable bonds is 4. The number of nitriles is 1.